The first-order valence-electron chi connectivity index (χ1n) is 11.7. The van der Waals surface area contributed by atoms with Gasteiger partial charge in [-0.2, -0.15) is 0 Å². The number of hydrogen-bond donors (Lipinski definition) is 2. The predicted molar refractivity (Wildman–Crippen MR) is 130 cm³/mol. The Morgan fingerprint density at radius 2 is 1.74 bits per heavy atom. The van der Waals surface area contributed by atoms with Crippen LogP contribution in [0.25, 0.3) is 0 Å². The number of aliphatic hydroxyl groups is 1. The Bertz CT molecular complexity index is 1050. The summed E-state index contributed by atoms with van der Waals surface area (Å²) in [6, 6.07) is 17.0. The van der Waals surface area contributed by atoms with Crippen LogP contribution in [0.3, 0.4) is 0 Å². The molecule has 1 unspecified atom stereocenters. The molecule has 3 aromatic rings. The first kappa shape index (κ1) is 24.7. The third-order valence-electron chi connectivity index (χ3n) is 5.87. The Balaban J connectivity index is 1.15. The van der Waals surface area contributed by atoms with Gasteiger partial charge in [0, 0.05) is 39.3 Å². The van der Waals surface area contributed by atoms with Crippen molar-refractivity contribution in [3.8, 4) is 11.5 Å². The van der Waals surface area contributed by atoms with E-state index in [1.54, 1.807) is 7.11 Å². The average molecular weight is 481 g/mol. The molecule has 4 rings (SSSR count). The molecule has 1 aromatic heterocycles. The van der Waals surface area contributed by atoms with Crippen LogP contribution in [0.15, 0.2) is 65.3 Å². The molecular weight excluding hydrogens is 448 g/mol. The number of ether oxygens (including phenoxy) is 2. The van der Waals surface area contributed by atoms with E-state index in [2.05, 4.69) is 20.1 Å². The summed E-state index contributed by atoms with van der Waals surface area (Å²) in [5.41, 5.74) is 1.31. The third-order valence-corrected chi connectivity index (χ3v) is 5.87. The van der Waals surface area contributed by atoms with Crippen molar-refractivity contribution >= 4 is 5.91 Å². The first-order valence-corrected chi connectivity index (χ1v) is 11.7. The van der Waals surface area contributed by atoms with E-state index < -0.39 is 6.10 Å². The van der Waals surface area contributed by atoms with E-state index >= 15 is 0 Å². The molecule has 1 atom stereocenters. The summed E-state index contributed by atoms with van der Waals surface area (Å²) in [4.78, 5) is 21.1. The number of carbonyl (C=O) groups excluding carboxylic acids is 1. The Morgan fingerprint density at radius 1 is 1.06 bits per heavy atom. The molecular formula is C26H32N4O5. The molecule has 1 aliphatic rings. The lowest BCUT2D eigenvalue weighted by Crippen LogP contribution is -2.48. The summed E-state index contributed by atoms with van der Waals surface area (Å²) in [5, 5.41) is 13.2. The van der Waals surface area contributed by atoms with Crippen LogP contribution in [0.2, 0.25) is 0 Å². The lowest BCUT2D eigenvalue weighted by molar-refractivity contribution is 0.0430. The second kappa shape index (κ2) is 12.3. The van der Waals surface area contributed by atoms with Crippen LogP contribution in [0.5, 0.6) is 11.5 Å². The SMILES string of the molecule is COc1ccc(OCC(O)CN2CCN(Cc3nc(C(=O)NCc4ccccc4)co3)CC2)cc1. The average Bonchev–Trinajstić information content (AvgIpc) is 3.37. The normalized spacial score (nSPS) is 15.5. The van der Waals surface area contributed by atoms with Crippen LogP contribution < -0.4 is 14.8 Å². The van der Waals surface area contributed by atoms with Gasteiger partial charge in [0.05, 0.1) is 13.7 Å². The number of piperazine rings is 1. The number of oxazole rings is 1. The quantitative estimate of drug-likeness (QED) is 0.431. The molecule has 0 bridgehead atoms. The van der Waals surface area contributed by atoms with Gasteiger partial charge < -0.3 is 24.3 Å². The van der Waals surface area contributed by atoms with Crippen LogP contribution in [-0.4, -0.2) is 78.3 Å². The Labute approximate surface area is 205 Å². The lowest BCUT2D eigenvalue weighted by atomic mass is 10.2. The molecule has 0 radical (unpaired) electrons. The maximum absolute atomic E-state index is 12.3. The zero-order valence-corrected chi connectivity index (χ0v) is 19.9. The number of rotatable bonds is 11. The molecule has 1 saturated heterocycles. The van der Waals surface area contributed by atoms with Gasteiger partial charge in [-0.05, 0) is 29.8 Å². The smallest absolute Gasteiger partial charge is 0.273 e. The zero-order valence-electron chi connectivity index (χ0n) is 19.9. The van der Waals surface area contributed by atoms with Crippen molar-refractivity contribution in [2.45, 2.75) is 19.2 Å². The number of aliphatic hydroxyl groups excluding tert-OH is 1. The fourth-order valence-electron chi connectivity index (χ4n) is 3.89. The minimum Gasteiger partial charge on any atom is -0.497 e. The number of amides is 1. The fourth-order valence-corrected chi connectivity index (χ4v) is 3.89. The number of β-amino-alcohol motifs (C(OH)–C–C–N with tert-alkyl or cyclic N) is 1. The second-order valence-electron chi connectivity index (χ2n) is 8.51. The van der Waals surface area contributed by atoms with Gasteiger partial charge in [-0.1, -0.05) is 30.3 Å². The van der Waals surface area contributed by atoms with E-state index in [1.165, 1.54) is 6.26 Å². The minimum absolute atomic E-state index is 0.234. The van der Waals surface area contributed by atoms with Crippen molar-refractivity contribution in [3.05, 3.63) is 78.0 Å². The molecule has 1 amide bonds. The highest BCUT2D eigenvalue weighted by molar-refractivity contribution is 5.91. The summed E-state index contributed by atoms with van der Waals surface area (Å²) in [7, 11) is 1.62. The monoisotopic (exact) mass is 480 g/mol. The van der Waals surface area contributed by atoms with Gasteiger partial charge >= 0.3 is 0 Å². The molecule has 2 aromatic carbocycles. The maximum Gasteiger partial charge on any atom is 0.273 e. The second-order valence-corrected chi connectivity index (χ2v) is 8.51. The van der Waals surface area contributed by atoms with Gasteiger partial charge in [-0.25, -0.2) is 4.98 Å². The molecule has 0 saturated carbocycles. The van der Waals surface area contributed by atoms with Crippen molar-refractivity contribution in [1.29, 1.82) is 0 Å². The van der Waals surface area contributed by atoms with E-state index in [0.717, 1.165) is 37.5 Å². The maximum atomic E-state index is 12.3. The molecule has 35 heavy (non-hydrogen) atoms. The largest absolute Gasteiger partial charge is 0.497 e. The van der Waals surface area contributed by atoms with E-state index in [4.69, 9.17) is 13.9 Å². The van der Waals surface area contributed by atoms with Gasteiger partial charge in [-0.3, -0.25) is 14.6 Å². The molecule has 1 fully saturated rings. The zero-order chi connectivity index (χ0) is 24.5. The summed E-state index contributed by atoms with van der Waals surface area (Å²) in [6.45, 7) is 5.07. The number of carbonyl (C=O) groups is 1. The standard InChI is InChI=1S/C26H32N4O5/c1-33-22-7-9-23(10-8-22)34-18-21(31)16-29-11-13-30(14-12-29)17-25-28-24(19-35-25)26(32)27-15-20-5-3-2-4-6-20/h2-10,19,21,31H,11-18H2,1H3,(H,27,32). The Kier molecular flexibility index (Phi) is 8.72. The molecule has 1 aliphatic heterocycles. The van der Waals surface area contributed by atoms with E-state index in [1.807, 2.05) is 54.6 Å². The van der Waals surface area contributed by atoms with Crippen molar-refractivity contribution in [3.63, 3.8) is 0 Å². The van der Waals surface area contributed by atoms with Crippen LogP contribution in [0, 0.1) is 0 Å². The van der Waals surface area contributed by atoms with Crippen molar-refractivity contribution in [2.75, 3.05) is 46.4 Å². The third kappa shape index (κ3) is 7.54. The van der Waals surface area contributed by atoms with Crippen LogP contribution in [0.1, 0.15) is 21.9 Å². The van der Waals surface area contributed by atoms with Gasteiger partial charge in [0.1, 0.15) is 30.5 Å². The van der Waals surface area contributed by atoms with Gasteiger partial charge in [0.25, 0.3) is 5.91 Å². The molecule has 186 valence electrons. The summed E-state index contributed by atoms with van der Waals surface area (Å²) in [6.07, 6.45) is 0.831. The molecule has 2 N–H and O–H groups in total. The first-order chi connectivity index (χ1) is 17.1. The summed E-state index contributed by atoms with van der Waals surface area (Å²) < 4.78 is 16.3. The molecule has 0 spiro atoms. The van der Waals surface area contributed by atoms with Crippen LogP contribution >= 0.6 is 0 Å². The van der Waals surface area contributed by atoms with Crippen molar-refractivity contribution in [2.24, 2.45) is 0 Å². The molecule has 9 heteroatoms. The van der Waals surface area contributed by atoms with Crippen LogP contribution in [-0.2, 0) is 13.1 Å². The summed E-state index contributed by atoms with van der Waals surface area (Å²) in [5.74, 6) is 1.74. The Morgan fingerprint density at radius 3 is 2.46 bits per heavy atom. The highest BCUT2D eigenvalue weighted by Crippen LogP contribution is 2.17. The van der Waals surface area contributed by atoms with Gasteiger partial charge in [0.15, 0.2) is 5.69 Å². The minimum atomic E-state index is -0.577. The number of nitrogens with zero attached hydrogens (tertiary/aromatic N) is 3. The number of benzene rings is 2. The lowest BCUT2D eigenvalue weighted by Gasteiger charge is -2.34. The molecule has 9 nitrogen and oxygen atoms in total. The fraction of sp³-hybridized carbons (Fsp3) is 0.385. The van der Waals surface area contributed by atoms with E-state index in [9.17, 15) is 9.90 Å². The molecule has 2 heterocycles. The number of nitrogens with one attached hydrogen (secondary N) is 1. The number of aromatic nitrogens is 1. The van der Waals surface area contributed by atoms with E-state index in [-0.39, 0.29) is 18.2 Å². The summed E-state index contributed by atoms with van der Waals surface area (Å²) >= 11 is 0. The Hall–Kier alpha value is -3.40. The van der Waals surface area contributed by atoms with Gasteiger partial charge in [0.2, 0.25) is 5.89 Å². The van der Waals surface area contributed by atoms with Crippen molar-refractivity contribution in [1.82, 2.24) is 20.1 Å². The highest BCUT2D eigenvalue weighted by Gasteiger charge is 2.21. The van der Waals surface area contributed by atoms with Crippen LogP contribution in [0.4, 0.5) is 0 Å². The van der Waals surface area contributed by atoms with E-state index in [0.29, 0.717) is 31.3 Å². The highest BCUT2D eigenvalue weighted by atomic mass is 16.5. The van der Waals surface area contributed by atoms with Gasteiger partial charge in [-0.15, -0.1) is 0 Å². The predicted octanol–water partition coefficient (Wildman–Crippen LogP) is 2.17. The molecule has 0 aliphatic carbocycles. The van der Waals surface area contributed by atoms with Crippen molar-refractivity contribution < 1.29 is 23.8 Å². The topological polar surface area (TPSA) is 100 Å². The number of hydrogen-bond acceptors (Lipinski definition) is 8. The number of methoxy groups -OCH3 is 1.